The van der Waals surface area contributed by atoms with E-state index in [-0.39, 0.29) is 5.82 Å². The Bertz CT molecular complexity index is 969. The van der Waals surface area contributed by atoms with Gasteiger partial charge in [0, 0.05) is 11.8 Å². The molecule has 0 aliphatic rings. The maximum atomic E-state index is 12.7. The van der Waals surface area contributed by atoms with Gasteiger partial charge in [0.2, 0.25) is 0 Å². The van der Waals surface area contributed by atoms with E-state index >= 15 is 0 Å². The van der Waals surface area contributed by atoms with Crippen molar-refractivity contribution < 1.29 is 22.7 Å². The molecule has 0 saturated carbocycles. The van der Waals surface area contributed by atoms with Gasteiger partial charge < -0.3 is 10.1 Å². The number of nitrogens with one attached hydrogen (secondary N) is 1. The Balaban J connectivity index is 1.85. The summed E-state index contributed by atoms with van der Waals surface area (Å²) >= 11 is 1.09. The molecular weight excluding hydrogens is 379 g/mol. The number of pyridine rings is 1. The first kappa shape index (κ1) is 18.8. The molecule has 2 aromatic heterocycles. The first-order valence-corrected chi connectivity index (χ1v) is 8.56. The fourth-order valence-corrected chi connectivity index (χ4v) is 3.31. The van der Waals surface area contributed by atoms with Crippen LogP contribution in [0.25, 0.3) is 10.6 Å². The van der Waals surface area contributed by atoms with E-state index in [2.05, 4.69) is 15.3 Å². The van der Waals surface area contributed by atoms with Crippen LogP contribution in [0.2, 0.25) is 0 Å². The smallest absolute Gasteiger partial charge is 0.416 e. The van der Waals surface area contributed by atoms with Gasteiger partial charge in [-0.2, -0.15) is 13.2 Å². The molecule has 140 valence electrons. The lowest BCUT2D eigenvalue weighted by molar-refractivity contribution is -0.137. The number of rotatable bonds is 4. The molecule has 1 amide bonds. The van der Waals surface area contributed by atoms with Gasteiger partial charge in [0.1, 0.15) is 9.88 Å². The average Bonchev–Trinajstić information content (AvgIpc) is 3.03. The summed E-state index contributed by atoms with van der Waals surface area (Å²) in [4.78, 5) is 21.3. The van der Waals surface area contributed by atoms with Crippen LogP contribution in [-0.4, -0.2) is 23.0 Å². The number of halogens is 3. The van der Waals surface area contributed by atoms with E-state index in [1.807, 2.05) is 0 Å². The molecule has 3 aromatic rings. The third-order valence-corrected chi connectivity index (χ3v) is 4.89. The molecule has 0 bridgehead atoms. The number of alkyl halides is 3. The molecule has 9 heteroatoms. The number of methoxy groups -OCH3 is 1. The van der Waals surface area contributed by atoms with Crippen molar-refractivity contribution in [1.82, 2.24) is 9.97 Å². The van der Waals surface area contributed by atoms with Crippen LogP contribution < -0.4 is 10.1 Å². The zero-order valence-corrected chi connectivity index (χ0v) is 15.1. The van der Waals surface area contributed by atoms with Crippen LogP contribution in [-0.2, 0) is 6.18 Å². The zero-order valence-electron chi connectivity index (χ0n) is 14.3. The summed E-state index contributed by atoms with van der Waals surface area (Å²) in [5.74, 6) is 0.269. The van der Waals surface area contributed by atoms with Crippen LogP contribution in [0.3, 0.4) is 0 Å². The third kappa shape index (κ3) is 4.08. The van der Waals surface area contributed by atoms with E-state index in [1.54, 1.807) is 19.1 Å². The molecule has 3 rings (SSSR count). The monoisotopic (exact) mass is 393 g/mol. The molecular formula is C18H14F3N3O2S. The zero-order chi connectivity index (χ0) is 19.6. The number of benzene rings is 1. The van der Waals surface area contributed by atoms with Crippen LogP contribution in [0.5, 0.6) is 5.75 Å². The SMILES string of the molecule is COc1cccnc1NC(=O)c1sc(-c2ccc(C(F)(F)F)cc2)nc1C. The lowest BCUT2D eigenvalue weighted by Crippen LogP contribution is -2.13. The number of hydrogen-bond donors (Lipinski definition) is 1. The van der Waals surface area contributed by atoms with Crippen molar-refractivity contribution in [2.75, 3.05) is 12.4 Å². The minimum absolute atomic E-state index is 0.272. The highest BCUT2D eigenvalue weighted by Crippen LogP contribution is 2.33. The Hall–Kier alpha value is -2.94. The summed E-state index contributed by atoms with van der Waals surface area (Å²) < 4.78 is 43.2. The molecule has 0 spiro atoms. The second-order valence-electron chi connectivity index (χ2n) is 5.52. The highest BCUT2D eigenvalue weighted by molar-refractivity contribution is 7.17. The summed E-state index contributed by atoms with van der Waals surface area (Å²) in [5, 5.41) is 3.12. The summed E-state index contributed by atoms with van der Waals surface area (Å²) in [6, 6.07) is 8.00. The van der Waals surface area contributed by atoms with Gasteiger partial charge in [-0.15, -0.1) is 11.3 Å². The normalized spacial score (nSPS) is 11.3. The number of nitrogens with zero attached hydrogens (tertiary/aromatic N) is 2. The number of amides is 1. The molecule has 0 aliphatic carbocycles. The second kappa shape index (κ2) is 7.36. The van der Waals surface area contributed by atoms with Crippen molar-refractivity contribution in [3.63, 3.8) is 0 Å². The van der Waals surface area contributed by atoms with Gasteiger partial charge in [-0.05, 0) is 31.2 Å². The van der Waals surface area contributed by atoms with Crippen LogP contribution >= 0.6 is 11.3 Å². The molecule has 0 atom stereocenters. The standard InChI is InChI=1S/C18H14F3N3O2S/c1-10-14(16(25)24-15-13(26-2)4-3-9-22-15)27-17(23-10)11-5-7-12(8-6-11)18(19,20)21/h3-9H,1-2H3,(H,22,24,25). The molecule has 0 aliphatic heterocycles. The van der Waals surface area contributed by atoms with Gasteiger partial charge in [-0.25, -0.2) is 9.97 Å². The van der Waals surface area contributed by atoms with Crippen molar-refractivity contribution in [3.05, 3.63) is 58.7 Å². The summed E-state index contributed by atoms with van der Waals surface area (Å²) in [6.07, 6.45) is -2.88. The number of aryl methyl sites for hydroxylation is 1. The van der Waals surface area contributed by atoms with E-state index < -0.39 is 17.6 Å². The Labute approximate surface area is 156 Å². The summed E-state index contributed by atoms with van der Waals surface area (Å²) in [7, 11) is 1.47. The third-order valence-electron chi connectivity index (χ3n) is 3.68. The second-order valence-corrected chi connectivity index (χ2v) is 6.52. The summed E-state index contributed by atoms with van der Waals surface area (Å²) in [5.41, 5.74) is 0.243. The molecule has 0 saturated heterocycles. The van der Waals surface area contributed by atoms with Crippen LogP contribution in [0.15, 0.2) is 42.6 Å². The van der Waals surface area contributed by atoms with E-state index in [0.29, 0.717) is 26.9 Å². The van der Waals surface area contributed by atoms with Crippen LogP contribution in [0.1, 0.15) is 20.9 Å². The Morgan fingerprint density at radius 2 is 1.89 bits per heavy atom. The van der Waals surface area contributed by atoms with Crippen molar-refractivity contribution in [2.45, 2.75) is 13.1 Å². The number of anilines is 1. The Morgan fingerprint density at radius 1 is 1.19 bits per heavy atom. The number of ether oxygens (including phenoxy) is 1. The maximum Gasteiger partial charge on any atom is 0.416 e. The molecule has 1 aromatic carbocycles. The highest BCUT2D eigenvalue weighted by Gasteiger charge is 2.30. The predicted molar refractivity (Wildman–Crippen MR) is 96.0 cm³/mol. The molecule has 5 nitrogen and oxygen atoms in total. The van der Waals surface area contributed by atoms with E-state index in [1.165, 1.54) is 25.4 Å². The fourth-order valence-electron chi connectivity index (χ4n) is 2.35. The fraction of sp³-hybridized carbons (Fsp3) is 0.167. The van der Waals surface area contributed by atoms with Gasteiger partial charge in [-0.3, -0.25) is 4.79 Å². The lowest BCUT2D eigenvalue weighted by Gasteiger charge is -2.07. The molecule has 0 fully saturated rings. The van der Waals surface area contributed by atoms with Gasteiger partial charge >= 0.3 is 6.18 Å². The Morgan fingerprint density at radius 3 is 2.52 bits per heavy atom. The van der Waals surface area contributed by atoms with Crippen molar-refractivity contribution >= 4 is 23.1 Å². The topological polar surface area (TPSA) is 64.1 Å². The average molecular weight is 393 g/mol. The number of aromatic nitrogens is 2. The quantitative estimate of drug-likeness (QED) is 0.692. The number of hydrogen-bond acceptors (Lipinski definition) is 5. The molecule has 27 heavy (non-hydrogen) atoms. The first-order valence-electron chi connectivity index (χ1n) is 7.75. The lowest BCUT2D eigenvalue weighted by atomic mass is 10.1. The van der Waals surface area contributed by atoms with Crippen molar-refractivity contribution in [2.24, 2.45) is 0 Å². The van der Waals surface area contributed by atoms with Crippen LogP contribution in [0.4, 0.5) is 19.0 Å². The minimum atomic E-state index is -4.40. The highest BCUT2D eigenvalue weighted by atomic mass is 32.1. The molecule has 2 heterocycles. The van der Waals surface area contributed by atoms with Crippen molar-refractivity contribution in [3.8, 4) is 16.3 Å². The number of carbonyl (C=O) groups is 1. The summed E-state index contributed by atoms with van der Waals surface area (Å²) in [6.45, 7) is 1.66. The van der Waals surface area contributed by atoms with Crippen molar-refractivity contribution in [1.29, 1.82) is 0 Å². The van der Waals surface area contributed by atoms with Gasteiger partial charge in [0.25, 0.3) is 5.91 Å². The largest absolute Gasteiger partial charge is 0.493 e. The predicted octanol–water partition coefficient (Wildman–Crippen LogP) is 4.79. The maximum absolute atomic E-state index is 12.7. The van der Waals surface area contributed by atoms with E-state index in [4.69, 9.17) is 4.74 Å². The van der Waals surface area contributed by atoms with Gasteiger partial charge in [0.05, 0.1) is 18.4 Å². The Kier molecular flexibility index (Phi) is 5.13. The number of carbonyl (C=O) groups excluding carboxylic acids is 1. The first-order chi connectivity index (χ1) is 12.8. The minimum Gasteiger partial charge on any atom is -0.493 e. The number of thiazole rings is 1. The van der Waals surface area contributed by atoms with Crippen LogP contribution in [0, 0.1) is 6.92 Å². The molecule has 0 radical (unpaired) electrons. The van der Waals surface area contributed by atoms with Gasteiger partial charge in [0.15, 0.2) is 11.6 Å². The van der Waals surface area contributed by atoms with Gasteiger partial charge in [-0.1, -0.05) is 12.1 Å². The van der Waals surface area contributed by atoms with E-state index in [0.717, 1.165) is 23.5 Å². The molecule has 1 N–H and O–H groups in total. The van der Waals surface area contributed by atoms with E-state index in [9.17, 15) is 18.0 Å². The molecule has 0 unspecified atom stereocenters.